The molecule has 0 saturated carbocycles. The van der Waals surface area contributed by atoms with Gasteiger partial charge < -0.3 is 0 Å². The molecule has 0 aliphatic carbocycles. The molecule has 1 aromatic heterocycles. The van der Waals surface area contributed by atoms with Crippen LogP contribution in [0.4, 0.5) is 0 Å². The van der Waals surface area contributed by atoms with Crippen molar-refractivity contribution in [3.63, 3.8) is 0 Å². The zero-order chi connectivity index (χ0) is 13.2. The minimum Gasteiger partial charge on any atom is -0.225 e. The number of benzene rings is 2. The number of para-hydroxylation sites is 2. The Morgan fingerprint density at radius 3 is 2.63 bits per heavy atom. The fraction of sp³-hybridized carbons (Fsp3) is 0.118. The fourth-order valence-electron chi connectivity index (χ4n) is 2.44. The van der Waals surface area contributed by atoms with Crippen molar-refractivity contribution < 1.29 is 4.57 Å². The third-order valence-corrected chi connectivity index (χ3v) is 3.53. The summed E-state index contributed by atoms with van der Waals surface area (Å²) in [7, 11) is 0. The summed E-state index contributed by atoms with van der Waals surface area (Å²) in [5, 5.41) is 0. The summed E-state index contributed by atoms with van der Waals surface area (Å²) in [5.41, 5.74) is 5.08. The molecule has 2 heteroatoms. The first kappa shape index (κ1) is 11.7. The number of hydrogen-bond donors (Lipinski definition) is 0. The summed E-state index contributed by atoms with van der Waals surface area (Å²) in [6.07, 6.45) is 3.95. The monoisotopic (exact) mass is 249 g/mol. The number of fused-ring (bicyclic) bond motifs is 1. The maximum absolute atomic E-state index is 3.87. The average Bonchev–Trinajstić information content (AvgIpc) is 2.80. The number of aromatic nitrogens is 2. The van der Waals surface area contributed by atoms with E-state index < -0.39 is 0 Å². The number of nitrogens with zero attached hydrogens (tertiary/aromatic N) is 2. The highest BCUT2D eigenvalue weighted by atomic mass is 15.1. The Hall–Kier alpha value is -2.35. The number of rotatable bonds is 3. The van der Waals surface area contributed by atoms with E-state index in [1.54, 1.807) is 0 Å². The molecule has 3 rings (SSSR count). The van der Waals surface area contributed by atoms with Gasteiger partial charge >= 0.3 is 0 Å². The number of hydrogen-bond acceptors (Lipinski definition) is 0. The van der Waals surface area contributed by atoms with E-state index in [2.05, 4.69) is 77.5 Å². The highest BCUT2D eigenvalue weighted by molar-refractivity contribution is 5.73. The van der Waals surface area contributed by atoms with Crippen molar-refractivity contribution in [1.82, 2.24) is 4.57 Å². The molecule has 0 bridgehead atoms. The molecular weight excluding hydrogens is 232 g/mol. The summed E-state index contributed by atoms with van der Waals surface area (Å²) >= 11 is 0. The van der Waals surface area contributed by atoms with Gasteiger partial charge in [-0.1, -0.05) is 43.0 Å². The molecule has 0 radical (unpaired) electrons. The van der Waals surface area contributed by atoms with E-state index in [9.17, 15) is 0 Å². The van der Waals surface area contributed by atoms with Crippen molar-refractivity contribution in [2.45, 2.75) is 13.5 Å². The van der Waals surface area contributed by atoms with Crippen LogP contribution in [0.5, 0.6) is 0 Å². The van der Waals surface area contributed by atoms with Crippen LogP contribution in [0.15, 0.2) is 61.4 Å². The summed E-state index contributed by atoms with van der Waals surface area (Å²) in [6.45, 7) is 6.91. The van der Waals surface area contributed by atoms with Crippen LogP contribution < -0.4 is 4.57 Å². The summed E-state index contributed by atoms with van der Waals surface area (Å²) < 4.78 is 4.33. The smallest absolute Gasteiger partial charge is 0.225 e. The molecule has 0 spiro atoms. The molecule has 1 heterocycles. The topological polar surface area (TPSA) is 8.81 Å². The highest BCUT2D eigenvalue weighted by Gasteiger charge is 2.13. The van der Waals surface area contributed by atoms with Gasteiger partial charge in [0.15, 0.2) is 11.0 Å². The molecule has 2 nitrogen and oxygen atoms in total. The van der Waals surface area contributed by atoms with Gasteiger partial charge in [-0.25, -0.2) is 9.13 Å². The van der Waals surface area contributed by atoms with Gasteiger partial charge in [0.05, 0.1) is 6.20 Å². The van der Waals surface area contributed by atoms with Crippen LogP contribution in [0, 0.1) is 6.92 Å². The lowest BCUT2D eigenvalue weighted by Crippen LogP contribution is -2.33. The Labute approximate surface area is 113 Å². The van der Waals surface area contributed by atoms with Gasteiger partial charge in [0, 0.05) is 0 Å². The quantitative estimate of drug-likeness (QED) is 0.629. The van der Waals surface area contributed by atoms with E-state index in [0.29, 0.717) is 0 Å². The zero-order valence-electron chi connectivity index (χ0n) is 11.1. The lowest BCUT2D eigenvalue weighted by Gasteiger charge is -2.02. The second-order valence-corrected chi connectivity index (χ2v) is 4.75. The Kier molecular flexibility index (Phi) is 2.92. The average molecular weight is 249 g/mol. The maximum atomic E-state index is 3.87. The molecule has 0 fully saturated rings. The Bertz CT molecular complexity index is 738. The summed E-state index contributed by atoms with van der Waals surface area (Å²) in [6, 6.07) is 16.9. The second kappa shape index (κ2) is 4.73. The standard InChI is InChI=1S/C17H17N2/c1-3-18-13-19(17-11-7-6-10-16(17)18)12-15-9-5-4-8-14(15)2/h3-11,13H,1,12H2,2H3/q+1. The normalized spacial score (nSPS) is 10.8. The SMILES string of the molecule is C=Cn1c[n+](Cc2ccccc2C)c2ccccc21. The van der Waals surface area contributed by atoms with Crippen LogP contribution in [0.2, 0.25) is 0 Å². The van der Waals surface area contributed by atoms with Gasteiger partial charge in [-0.2, -0.15) is 0 Å². The van der Waals surface area contributed by atoms with Gasteiger partial charge in [-0.3, -0.25) is 0 Å². The molecular formula is C17H17N2+. The van der Waals surface area contributed by atoms with E-state index in [1.807, 2.05) is 6.20 Å². The molecule has 94 valence electrons. The molecule has 0 saturated heterocycles. The molecule has 0 aliphatic heterocycles. The van der Waals surface area contributed by atoms with Crippen LogP contribution in [0.1, 0.15) is 11.1 Å². The van der Waals surface area contributed by atoms with Crippen molar-refractivity contribution in [3.8, 4) is 0 Å². The third-order valence-electron chi connectivity index (χ3n) is 3.53. The summed E-state index contributed by atoms with van der Waals surface area (Å²) in [5.74, 6) is 0. The van der Waals surface area contributed by atoms with Crippen LogP contribution >= 0.6 is 0 Å². The summed E-state index contributed by atoms with van der Waals surface area (Å²) in [4.78, 5) is 0. The molecule has 0 aliphatic rings. The Balaban J connectivity index is 2.11. The van der Waals surface area contributed by atoms with Crippen molar-refractivity contribution in [3.05, 3.63) is 72.6 Å². The first-order valence-corrected chi connectivity index (χ1v) is 6.45. The number of aryl methyl sites for hydroxylation is 1. The Morgan fingerprint density at radius 2 is 1.84 bits per heavy atom. The lowest BCUT2D eigenvalue weighted by molar-refractivity contribution is -0.662. The van der Waals surface area contributed by atoms with Crippen molar-refractivity contribution in [2.24, 2.45) is 0 Å². The van der Waals surface area contributed by atoms with Gasteiger partial charge in [-0.15, -0.1) is 0 Å². The van der Waals surface area contributed by atoms with Crippen LogP contribution in [0.25, 0.3) is 17.2 Å². The fourth-order valence-corrected chi connectivity index (χ4v) is 2.44. The molecule has 0 amide bonds. The lowest BCUT2D eigenvalue weighted by atomic mass is 10.1. The molecule has 0 N–H and O–H groups in total. The van der Waals surface area contributed by atoms with Crippen LogP contribution in [-0.2, 0) is 6.54 Å². The molecule has 19 heavy (non-hydrogen) atoms. The van der Waals surface area contributed by atoms with Gasteiger partial charge in [0.25, 0.3) is 0 Å². The second-order valence-electron chi connectivity index (χ2n) is 4.75. The van der Waals surface area contributed by atoms with Gasteiger partial charge in [0.1, 0.15) is 6.54 Å². The predicted molar refractivity (Wildman–Crippen MR) is 78.8 cm³/mol. The minimum atomic E-state index is 0.883. The molecule has 0 atom stereocenters. The van der Waals surface area contributed by atoms with E-state index >= 15 is 0 Å². The van der Waals surface area contributed by atoms with E-state index in [0.717, 1.165) is 6.54 Å². The first-order chi connectivity index (χ1) is 9.29. The predicted octanol–water partition coefficient (Wildman–Crippen LogP) is 3.39. The largest absolute Gasteiger partial charge is 0.249 e. The minimum absolute atomic E-state index is 0.883. The Morgan fingerprint density at radius 1 is 1.11 bits per heavy atom. The zero-order valence-corrected chi connectivity index (χ0v) is 11.1. The van der Waals surface area contributed by atoms with Crippen LogP contribution in [0.3, 0.4) is 0 Å². The molecule has 3 aromatic rings. The van der Waals surface area contributed by atoms with Gasteiger partial charge in [0.2, 0.25) is 6.33 Å². The first-order valence-electron chi connectivity index (χ1n) is 6.45. The third kappa shape index (κ3) is 2.06. The van der Waals surface area contributed by atoms with Crippen molar-refractivity contribution in [2.75, 3.05) is 0 Å². The highest BCUT2D eigenvalue weighted by Crippen LogP contribution is 2.13. The van der Waals surface area contributed by atoms with Crippen LogP contribution in [-0.4, -0.2) is 4.57 Å². The maximum Gasteiger partial charge on any atom is 0.249 e. The number of imidazole rings is 1. The van der Waals surface area contributed by atoms with Crippen molar-refractivity contribution in [1.29, 1.82) is 0 Å². The van der Waals surface area contributed by atoms with Crippen molar-refractivity contribution >= 4 is 17.2 Å². The molecule has 0 unspecified atom stereocenters. The van der Waals surface area contributed by atoms with E-state index in [4.69, 9.17) is 0 Å². The molecule has 2 aromatic carbocycles. The van der Waals surface area contributed by atoms with E-state index in [1.165, 1.54) is 22.2 Å². The van der Waals surface area contributed by atoms with E-state index in [-0.39, 0.29) is 0 Å². The van der Waals surface area contributed by atoms with Gasteiger partial charge in [-0.05, 0) is 30.2 Å².